The molecule has 0 aliphatic heterocycles. The molecule has 0 bridgehead atoms. The van der Waals surface area contributed by atoms with Gasteiger partial charge in [0.05, 0.1) is 0 Å². The van der Waals surface area contributed by atoms with Crippen LogP contribution < -0.4 is 57.1 Å². The first-order chi connectivity index (χ1) is 2.94. The molecule has 2 N–H and O–H groups in total. The summed E-state index contributed by atoms with van der Waals surface area (Å²) in [7, 11) is -4.85. The summed E-state index contributed by atoms with van der Waals surface area (Å²) >= 11 is 0. The fraction of sp³-hybridized carbons (Fsp3) is 0. The molecule has 7 heteroatoms. The molecule has 0 saturated heterocycles. The van der Waals surface area contributed by atoms with Crippen molar-refractivity contribution in [2.75, 3.05) is 0 Å². The van der Waals surface area contributed by atoms with Gasteiger partial charge in [-0.25, -0.2) is 8.42 Å². The maximum atomic E-state index is 9.34. The zero-order valence-corrected chi connectivity index (χ0v) is 8.06. The second-order valence-corrected chi connectivity index (χ2v) is 2.08. The SMILES string of the molecule is NC(=O)S(=O)(=O)[O-].[K+]. The number of amides is 1. The minimum absolute atomic E-state index is 0. The van der Waals surface area contributed by atoms with Gasteiger partial charge in [0.1, 0.15) is 0 Å². The second kappa shape index (κ2) is 3.93. The van der Waals surface area contributed by atoms with Crippen LogP contribution in [-0.4, -0.2) is 18.2 Å². The van der Waals surface area contributed by atoms with E-state index >= 15 is 0 Å². The van der Waals surface area contributed by atoms with Gasteiger partial charge in [-0.2, -0.15) is 0 Å². The molecule has 5 nitrogen and oxygen atoms in total. The second-order valence-electron chi connectivity index (χ2n) is 0.773. The summed E-state index contributed by atoms with van der Waals surface area (Å²) in [5.74, 6) is 0. The van der Waals surface area contributed by atoms with Crippen LogP contribution in [0.2, 0.25) is 0 Å². The van der Waals surface area contributed by atoms with Gasteiger partial charge in [-0.15, -0.1) is 0 Å². The molecule has 0 aromatic heterocycles. The van der Waals surface area contributed by atoms with E-state index in [1.165, 1.54) is 0 Å². The first-order valence-electron chi connectivity index (χ1n) is 1.20. The number of carbonyl (C=O) groups is 1. The molecular formula is CH2KNO4S. The molecule has 0 aromatic rings. The Hall–Kier alpha value is 1.02. The van der Waals surface area contributed by atoms with Gasteiger partial charge in [-0.3, -0.25) is 4.79 Å². The van der Waals surface area contributed by atoms with E-state index in [2.05, 4.69) is 5.73 Å². The van der Waals surface area contributed by atoms with Crippen molar-refractivity contribution in [1.82, 2.24) is 0 Å². The standard InChI is InChI=1S/CH3NO4S.K/c2-1(3)7(4,5)6;/h(H2,2,3)(H,4,5,6);/q;+1/p-1. The van der Waals surface area contributed by atoms with Crippen molar-refractivity contribution in [1.29, 1.82) is 0 Å². The summed E-state index contributed by atoms with van der Waals surface area (Å²) in [4.78, 5) is 9.34. The van der Waals surface area contributed by atoms with Gasteiger partial charge < -0.3 is 10.3 Å². The summed E-state index contributed by atoms with van der Waals surface area (Å²) in [5, 5.41) is -1.84. The van der Waals surface area contributed by atoms with E-state index < -0.39 is 15.4 Å². The number of rotatable bonds is 0. The van der Waals surface area contributed by atoms with Crippen LogP contribution in [0.1, 0.15) is 0 Å². The van der Waals surface area contributed by atoms with Gasteiger partial charge in [-0.05, 0) is 0 Å². The first-order valence-corrected chi connectivity index (χ1v) is 2.61. The van der Waals surface area contributed by atoms with E-state index in [0.717, 1.165) is 0 Å². The van der Waals surface area contributed by atoms with E-state index in [1.54, 1.807) is 0 Å². The van der Waals surface area contributed by atoms with E-state index in [0.29, 0.717) is 0 Å². The molecule has 0 atom stereocenters. The molecule has 0 heterocycles. The van der Waals surface area contributed by atoms with Crippen LogP contribution in [0, 0.1) is 0 Å². The molecule has 0 aromatic carbocycles. The number of hydrogen-bond donors (Lipinski definition) is 1. The van der Waals surface area contributed by atoms with Crippen LogP contribution >= 0.6 is 0 Å². The quantitative estimate of drug-likeness (QED) is 0.288. The topological polar surface area (TPSA) is 100 Å². The van der Waals surface area contributed by atoms with Crippen molar-refractivity contribution in [2.24, 2.45) is 5.73 Å². The Kier molecular flexibility index (Phi) is 5.79. The van der Waals surface area contributed by atoms with E-state index in [4.69, 9.17) is 0 Å². The van der Waals surface area contributed by atoms with Crippen molar-refractivity contribution in [3.63, 3.8) is 0 Å². The predicted molar refractivity (Wildman–Crippen MR) is 19.3 cm³/mol. The maximum Gasteiger partial charge on any atom is 1.00 e. The van der Waals surface area contributed by atoms with E-state index in [1.807, 2.05) is 0 Å². The van der Waals surface area contributed by atoms with Gasteiger partial charge in [0.2, 0.25) is 0 Å². The molecule has 42 valence electrons. The number of nitrogens with two attached hydrogens (primary N) is 1. The summed E-state index contributed by atoms with van der Waals surface area (Å²) in [6, 6.07) is 0. The minimum Gasteiger partial charge on any atom is -0.740 e. The monoisotopic (exact) mass is 163 g/mol. The smallest absolute Gasteiger partial charge is 0.740 e. The zero-order chi connectivity index (χ0) is 6.08. The van der Waals surface area contributed by atoms with Crippen molar-refractivity contribution in [2.45, 2.75) is 0 Å². The Labute approximate surface area is 88.8 Å². The van der Waals surface area contributed by atoms with Gasteiger partial charge in [-0.1, -0.05) is 0 Å². The van der Waals surface area contributed by atoms with Crippen molar-refractivity contribution in [3.05, 3.63) is 0 Å². The maximum absolute atomic E-state index is 9.34. The number of primary amides is 1. The summed E-state index contributed by atoms with van der Waals surface area (Å²) in [6.07, 6.45) is 0. The molecule has 1 amide bonds. The summed E-state index contributed by atoms with van der Waals surface area (Å²) in [5.41, 5.74) is 4.03. The van der Waals surface area contributed by atoms with Gasteiger partial charge in [0.15, 0.2) is 10.1 Å². The molecule has 8 heavy (non-hydrogen) atoms. The molecule has 0 radical (unpaired) electrons. The Morgan fingerprint density at radius 2 is 1.62 bits per heavy atom. The van der Waals surface area contributed by atoms with Crippen LogP contribution in [-0.2, 0) is 10.1 Å². The summed E-state index contributed by atoms with van der Waals surface area (Å²) < 4.78 is 27.9. The largest absolute Gasteiger partial charge is 1.00 e. The van der Waals surface area contributed by atoms with Crippen molar-refractivity contribution < 1.29 is 69.1 Å². The normalized spacial score (nSPS) is 9.62. The predicted octanol–water partition coefficient (Wildman–Crippen LogP) is -4.39. The van der Waals surface area contributed by atoms with Crippen LogP contribution in [0.3, 0.4) is 0 Å². The molecular weight excluding hydrogens is 161 g/mol. The molecule has 0 spiro atoms. The average molecular weight is 163 g/mol. The van der Waals surface area contributed by atoms with Crippen LogP contribution in [0.15, 0.2) is 0 Å². The van der Waals surface area contributed by atoms with E-state index in [9.17, 15) is 17.8 Å². The Morgan fingerprint density at radius 3 is 1.62 bits per heavy atom. The molecule has 0 aliphatic carbocycles. The summed E-state index contributed by atoms with van der Waals surface area (Å²) in [6.45, 7) is 0. The molecule has 0 fully saturated rings. The number of carbonyl (C=O) groups excluding carboxylic acids is 1. The van der Waals surface area contributed by atoms with Gasteiger partial charge in [0.25, 0.3) is 0 Å². The molecule has 0 unspecified atom stereocenters. The fourth-order valence-corrected chi connectivity index (χ4v) is 0. The first kappa shape index (κ1) is 11.8. The number of hydrogen-bond acceptors (Lipinski definition) is 4. The van der Waals surface area contributed by atoms with E-state index in [-0.39, 0.29) is 51.4 Å². The average Bonchev–Trinajstić information content (AvgIpc) is 1.31. The third kappa shape index (κ3) is 5.16. The minimum atomic E-state index is -4.85. The van der Waals surface area contributed by atoms with Gasteiger partial charge >= 0.3 is 56.6 Å². The van der Waals surface area contributed by atoms with Crippen LogP contribution in [0.25, 0.3) is 0 Å². The Balaban J connectivity index is 0. The molecule has 0 rings (SSSR count). The van der Waals surface area contributed by atoms with Gasteiger partial charge in [0, 0.05) is 0 Å². The third-order valence-electron chi connectivity index (χ3n) is 0.246. The third-order valence-corrected chi connectivity index (χ3v) is 0.739. The van der Waals surface area contributed by atoms with Crippen molar-refractivity contribution in [3.8, 4) is 0 Å². The Bertz CT molecular complexity index is 170. The fourth-order valence-electron chi connectivity index (χ4n) is 0. The Morgan fingerprint density at radius 1 is 1.50 bits per heavy atom. The van der Waals surface area contributed by atoms with Crippen LogP contribution in [0.4, 0.5) is 4.79 Å². The van der Waals surface area contributed by atoms with Crippen molar-refractivity contribution >= 4 is 15.4 Å². The molecule has 0 saturated carbocycles. The van der Waals surface area contributed by atoms with Crippen LogP contribution in [0.5, 0.6) is 0 Å². The zero-order valence-electron chi connectivity index (χ0n) is 4.12. The molecule has 0 aliphatic rings.